The van der Waals surface area contributed by atoms with E-state index in [-0.39, 0.29) is 6.42 Å². The molecule has 0 fully saturated rings. The van der Waals surface area contributed by atoms with Crippen LogP contribution in [0, 0.1) is 0 Å². The van der Waals surface area contributed by atoms with E-state index in [2.05, 4.69) is 0 Å². The minimum atomic E-state index is -0.827. The zero-order chi connectivity index (χ0) is 15.1. The van der Waals surface area contributed by atoms with Crippen molar-refractivity contribution in [3.63, 3.8) is 0 Å². The lowest BCUT2D eigenvalue weighted by Gasteiger charge is -2.09. The molecule has 0 spiro atoms. The van der Waals surface area contributed by atoms with Crippen molar-refractivity contribution in [2.24, 2.45) is 0 Å². The van der Waals surface area contributed by atoms with Crippen LogP contribution in [0.25, 0.3) is 0 Å². The lowest BCUT2D eigenvalue weighted by atomic mass is 10.1. The summed E-state index contributed by atoms with van der Waals surface area (Å²) in [6, 6.07) is 14.9. The number of hydrogen-bond donors (Lipinski definition) is 1. The van der Waals surface area contributed by atoms with E-state index in [0.717, 1.165) is 22.6 Å². The van der Waals surface area contributed by atoms with Crippen LogP contribution in [0.4, 0.5) is 0 Å². The van der Waals surface area contributed by atoms with Gasteiger partial charge in [-0.1, -0.05) is 30.3 Å². The van der Waals surface area contributed by atoms with E-state index < -0.39 is 5.97 Å². The second-order valence-electron chi connectivity index (χ2n) is 4.58. The topological polar surface area (TPSA) is 55.8 Å². The van der Waals surface area contributed by atoms with Gasteiger partial charge in [0.2, 0.25) is 0 Å². The molecule has 4 nitrogen and oxygen atoms in total. The Kier molecular flexibility index (Phi) is 5.21. The van der Waals surface area contributed by atoms with Crippen LogP contribution in [0.5, 0.6) is 11.5 Å². The molecular formula is C17H18O4. The predicted octanol–water partition coefficient (Wildman–Crippen LogP) is 3.29. The maximum atomic E-state index is 10.6. The fraction of sp³-hybridized carbons (Fsp3) is 0.235. The van der Waals surface area contributed by atoms with Gasteiger partial charge in [-0.3, -0.25) is 4.79 Å². The third-order valence-electron chi connectivity index (χ3n) is 2.90. The Hall–Kier alpha value is -2.49. The van der Waals surface area contributed by atoms with E-state index in [0.29, 0.717) is 13.2 Å². The molecule has 0 saturated heterocycles. The minimum absolute atomic E-state index is 0.0392. The minimum Gasteiger partial charge on any atom is -0.494 e. The Bertz CT molecular complexity index is 590. The molecule has 21 heavy (non-hydrogen) atoms. The third kappa shape index (κ3) is 4.84. The molecule has 2 aromatic rings. The molecule has 0 saturated carbocycles. The molecule has 4 heteroatoms. The number of carbonyl (C=O) groups is 1. The highest BCUT2D eigenvalue weighted by Crippen LogP contribution is 2.20. The monoisotopic (exact) mass is 286 g/mol. The molecule has 0 aliphatic rings. The molecular weight excluding hydrogens is 268 g/mol. The van der Waals surface area contributed by atoms with Crippen LogP contribution in [0.15, 0.2) is 48.5 Å². The van der Waals surface area contributed by atoms with Crippen molar-refractivity contribution in [2.75, 3.05) is 6.61 Å². The fourth-order valence-electron chi connectivity index (χ4n) is 1.92. The van der Waals surface area contributed by atoms with Crippen LogP contribution in [0.3, 0.4) is 0 Å². The molecule has 0 aromatic heterocycles. The number of ether oxygens (including phenoxy) is 2. The third-order valence-corrected chi connectivity index (χ3v) is 2.90. The zero-order valence-electron chi connectivity index (χ0n) is 11.9. The summed E-state index contributed by atoms with van der Waals surface area (Å²) in [6.07, 6.45) is 0.0392. The van der Waals surface area contributed by atoms with Crippen LogP contribution < -0.4 is 9.47 Å². The van der Waals surface area contributed by atoms with E-state index in [1.54, 1.807) is 0 Å². The van der Waals surface area contributed by atoms with Crippen molar-refractivity contribution >= 4 is 5.97 Å². The zero-order valence-corrected chi connectivity index (χ0v) is 11.9. The van der Waals surface area contributed by atoms with Crippen molar-refractivity contribution in [2.45, 2.75) is 20.0 Å². The molecule has 2 aromatic carbocycles. The predicted molar refractivity (Wildman–Crippen MR) is 79.7 cm³/mol. The summed E-state index contributed by atoms with van der Waals surface area (Å²) in [7, 11) is 0. The van der Waals surface area contributed by atoms with Crippen molar-refractivity contribution in [1.82, 2.24) is 0 Å². The molecule has 0 aliphatic heterocycles. The lowest BCUT2D eigenvalue weighted by Crippen LogP contribution is -2.01. The van der Waals surface area contributed by atoms with E-state index in [4.69, 9.17) is 14.6 Å². The Morgan fingerprint density at radius 3 is 2.24 bits per heavy atom. The summed E-state index contributed by atoms with van der Waals surface area (Å²) >= 11 is 0. The van der Waals surface area contributed by atoms with Gasteiger partial charge in [0.1, 0.15) is 18.1 Å². The fourth-order valence-corrected chi connectivity index (χ4v) is 1.92. The molecule has 0 aliphatic carbocycles. The summed E-state index contributed by atoms with van der Waals surface area (Å²) in [5.41, 5.74) is 1.77. The molecule has 0 radical (unpaired) electrons. The first-order valence-electron chi connectivity index (χ1n) is 6.82. The van der Waals surface area contributed by atoms with Gasteiger partial charge in [-0.15, -0.1) is 0 Å². The number of benzene rings is 2. The van der Waals surface area contributed by atoms with Gasteiger partial charge in [0, 0.05) is 6.07 Å². The second kappa shape index (κ2) is 7.33. The Morgan fingerprint density at radius 1 is 1.00 bits per heavy atom. The maximum Gasteiger partial charge on any atom is 0.307 e. The van der Waals surface area contributed by atoms with E-state index in [9.17, 15) is 4.79 Å². The number of carboxylic acid groups (broad SMARTS) is 1. The Balaban J connectivity index is 1.93. The van der Waals surface area contributed by atoms with Gasteiger partial charge < -0.3 is 14.6 Å². The standard InChI is InChI=1S/C17H18O4/c1-2-20-15-4-3-5-16(11-15)21-12-14-8-6-13(7-9-14)10-17(18)19/h3-9,11H,2,10,12H2,1H3,(H,18,19). The summed E-state index contributed by atoms with van der Waals surface area (Å²) in [4.78, 5) is 10.6. The van der Waals surface area contributed by atoms with Gasteiger partial charge in [-0.05, 0) is 30.2 Å². The molecule has 0 amide bonds. The summed E-state index contributed by atoms with van der Waals surface area (Å²) < 4.78 is 11.1. The number of carboxylic acids is 1. The van der Waals surface area contributed by atoms with Crippen molar-refractivity contribution in [1.29, 1.82) is 0 Å². The van der Waals surface area contributed by atoms with E-state index >= 15 is 0 Å². The van der Waals surface area contributed by atoms with Gasteiger partial charge in [0.05, 0.1) is 13.0 Å². The van der Waals surface area contributed by atoms with E-state index in [1.165, 1.54) is 0 Å². The molecule has 0 heterocycles. The van der Waals surface area contributed by atoms with Crippen molar-refractivity contribution in [3.05, 3.63) is 59.7 Å². The van der Waals surface area contributed by atoms with Gasteiger partial charge in [-0.2, -0.15) is 0 Å². The molecule has 0 atom stereocenters. The lowest BCUT2D eigenvalue weighted by molar-refractivity contribution is -0.136. The molecule has 2 rings (SSSR count). The quantitative estimate of drug-likeness (QED) is 0.848. The van der Waals surface area contributed by atoms with Gasteiger partial charge >= 0.3 is 5.97 Å². The SMILES string of the molecule is CCOc1cccc(OCc2ccc(CC(=O)O)cc2)c1. The first-order chi connectivity index (χ1) is 10.2. The first kappa shape index (κ1) is 14.9. The highest BCUT2D eigenvalue weighted by molar-refractivity contribution is 5.70. The molecule has 1 N–H and O–H groups in total. The largest absolute Gasteiger partial charge is 0.494 e. The number of aliphatic carboxylic acids is 1. The summed E-state index contributed by atoms with van der Waals surface area (Å²) in [5.74, 6) is 0.703. The average molecular weight is 286 g/mol. The summed E-state index contributed by atoms with van der Waals surface area (Å²) in [6.45, 7) is 2.99. The van der Waals surface area contributed by atoms with Crippen LogP contribution >= 0.6 is 0 Å². The van der Waals surface area contributed by atoms with E-state index in [1.807, 2.05) is 55.5 Å². The number of hydrogen-bond acceptors (Lipinski definition) is 3. The Labute approximate surface area is 123 Å². The van der Waals surface area contributed by atoms with Gasteiger partial charge in [-0.25, -0.2) is 0 Å². The second-order valence-corrected chi connectivity index (χ2v) is 4.58. The van der Waals surface area contributed by atoms with Crippen LogP contribution in [-0.2, 0) is 17.8 Å². The molecule has 0 unspecified atom stereocenters. The van der Waals surface area contributed by atoms with Gasteiger partial charge in [0.25, 0.3) is 0 Å². The highest BCUT2D eigenvalue weighted by atomic mass is 16.5. The van der Waals surface area contributed by atoms with Crippen molar-refractivity contribution < 1.29 is 19.4 Å². The van der Waals surface area contributed by atoms with Crippen LogP contribution in [-0.4, -0.2) is 17.7 Å². The summed E-state index contributed by atoms with van der Waals surface area (Å²) in [5, 5.41) is 8.72. The maximum absolute atomic E-state index is 10.6. The van der Waals surface area contributed by atoms with Crippen LogP contribution in [0.1, 0.15) is 18.1 Å². The first-order valence-corrected chi connectivity index (χ1v) is 6.82. The number of rotatable bonds is 7. The van der Waals surface area contributed by atoms with Crippen LogP contribution in [0.2, 0.25) is 0 Å². The van der Waals surface area contributed by atoms with Crippen molar-refractivity contribution in [3.8, 4) is 11.5 Å². The highest BCUT2D eigenvalue weighted by Gasteiger charge is 2.02. The normalized spacial score (nSPS) is 10.1. The Morgan fingerprint density at radius 2 is 1.62 bits per heavy atom. The smallest absolute Gasteiger partial charge is 0.307 e. The van der Waals surface area contributed by atoms with Gasteiger partial charge in [0.15, 0.2) is 0 Å². The average Bonchev–Trinajstić information content (AvgIpc) is 2.47. The molecule has 0 bridgehead atoms. The molecule has 110 valence electrons.